The van der Waals surface area contributed by atoms with Gasteiger partial charge in [-0.3, -0.25) is 14.3 Å². The molecule has 1 aromatic carbocycles. The fraction of sp³-hybridized carbons (Fsp3) is 0.286. The van der Waals surface area contributed by atoms with E-state index in [4.69, 9.17) is 37.7 Å². The van der Waals surface area contributed by atoms with Gasteiger partial charge in [-0.05, 0) is 18.2 Å². The molecule has 2 aromatic heterocycles. The molecule has 0 bridgehead atoms. The molecule has 0 unspecified atom stereocenters. The SMILES string of the molecule is COc1cc(Cl)ccc1[C@H]1CN(c2nc(-c3ccncc3Cl)cc(=O)n2C)CCO1. The molecule has 0 N–H and O–H groups in total. The van der Waals surface area contributed by atoms with E-state index in [1.165, 1.54) is 16.8 Å². The first-order chi connectivity index (χ1) is 14.5. The summed E-state index contributed by atoms with van der Waals surface area (Å²) in [4.78, 5) is 23.4. The molecular formula is C21H20Cl2N4O3. The second-order valence-corrected chi connectivity index (χ2v) is 7.73. The Morgan fingerprint density at radius 2 is 2.07 bits per heavy atom. The minimum atomic E-state index is -0.254. The van der Waals surface area contributed by atoms with Crippen LogP contribution in [0.25, 0.3) is 11.3 Å². The molecule has 1 fully saturated rings. The highest BCUT2D eigenvalue weighted by atomic mass is 35.5. The number of nitrogens with zero attached hydrogens (tertiary/aromatic N) is 4. The third-order valence-electron chi connectivity index (χ3n) is 5.05. The van der Waals surface area contributed by atoms with Crippen molar-refractivity contribution >= 4 is 29.2 Å². The molecule has 3 aromatic rings. The lowest BCUT2D eigenvalue weighted by molar-refractivity contribution is 0.0374. The van der Waals surface area contributed by atoms with Gasteiger partial charge in [0.25, 0.3) is 5.56 Å². The zero-order valence-corrected chi connectivity index (χ0v) is 18.0. The molecule has 4 rings (SSSR count). The number of methoxy groups -OCH3 is 1. The Labute approximate surface area is 183 Å². The number of halogens is 2. The minimum Gasteiger partial charge on any atom is -0.496 e. The van der Waals surface area contributed by atoms with Gasteiger partial charge in [0, 0.05) is 48.2 Å². The van der Waals surface area contributed by atoms with Crippen LogP contribution in [0.15, 0.2) is 47.5 Å². The summed E-state index contributed by atoms with van der Waals surface area (Å²) < 4.78 is 13.0. The average molecular weight is 447 g/mol. The Morgan fingerprint density at radius 3 is 2.83 bits per heavy atom. The van der Waals surface area contributed by atoms with Gasteiger partial charge in [0.2, 0.25) is 5.95 Å². The van der Waals surface area contributed by atoms with Gasteiger partial charge in [-0.25, -0.2) is 4.98 Å². The van der Waals surface area contributed by atoms with E-state index in [1.54, 1.807) is 32.5 Å². The molecule has 1 aliphatic heterocycles. The van der Waals surface area contributed by atoms with E-state index in [0.717, 1.165) is 5.56 Å². The first-order valence-electron chi connectivity index (χ1n) is 9.36. The summed E-state index contributed by atoms with van der Waals surface area (Å²) in [5, 5.41) is 1.03. The van der Waals surface area contributed by atoms with Gasteiger partial charge in [-0.1, -0.05) is 29.3 Å². The summed E-state index contributed by atoms with van der Waals surface area (Å²) in [6, 6.07) is 8.69. The number of ether oxygens (including phenoxy) is 2. The molecule has 30 heavy (non-hydrogen) atoms. The van der Waals surface area contributed by atoms with Crippen LogP contribution in [0.4, 0.5) is 5.95 Å². The fourth-order valence-corrected chi connectivity index (χ4v) is 3.88. The first kappa shape index (κ1) is 20.7. The van der Waals surface area contributed by atoms with E-state index in [-0.39, 0.29) is 11.7 Å². The molecule has 1 saturated heterocycles. The molecule has 3 heterocycles. The standard InChI is InChI=1S/C21H20Cl2N4O3/c1-26-20(28)10-17(14-5-6-24-11-16(14)23)25-21(26)27-7-8-30-19(12-27)15-4-3-13(22)9-18(15)29-2/h3-6,9-11,19H,7-8,12H2,1-2H3/t19-/m1/s1. The van der Waals surface area contributed by atoms with E-state index in [9.17, 15) is 4.79 Å². The number of pyridine rings is 1. The summed E-state index contributed by atoms with van der Waals surface area (Å²) in [7, 11) is 3.30. The predicted octanol–water partition coefficient (Wildman–Crippen LogP) is 3.74. The Hall–Kier alpha value is -2.61. The summed E-state index contributed by atoms with van der Waals surface area (Å²) in [5.41, 5.74) is 1.89. The van der Waals surface area contributed by atoms with Crippen molar-refractivity contribution in [1.29, 1.82) is 0 Å². The van der Waals surface area contributed by atoms with Gasteiger partial charge in [0.1, 0.15) is 11.9 Å². The van der Waals surface area contributed by atoms with E-state index >= 15 is 0 Å². The Balaban J connectivity index is 1.70. The highest BCUT2D eigenvalue weighted by Gasteiger charge is 2.27. The zero-order chi connectivity index (χ0) is 21.3. The number of morpholine rings is 1. The number of anilines is 1. The molecule has 9 heteroatoms. The van der Waals surface area contributed by atoms with Crippen molar-refractivity contribution in [1.82, 2.24) is 14.5 Å². The molecule has 0 aliphatic carbocycles. The van der Waals surface area contributed by atoms with Crippen LogP contribution < -0.4 is 15.2 Å². The van der Waals surface area contributed by atoms with Crippen molar-refractivity contribution in [3.63, 3.8) is 0 Å². The van der Waals surface area contributed by atoms with Gasteiger partial charge in [-0.2, -0.15) is 0 Å². The van der Waals surface area contributed by atoms with Gasteiger partial charge in [0.15, 0.2) is 0 Å². The molecule has 1 aliphatic rings. The maximum absolute atomic E-state index is 12.6. The van der Waals surface area contributed by atoms with Crippen LogP contribution in [0, 0.1) is 0 Å². The number of hydrogen-bond acceptors (Lipinski definition) is 6. The lowest BCUT2D eigenvalue weighted by atomic mass is 10.1. The molecule has 0 radical (unpaired) electrons. The van der Waals surface area contributed by atoms with Gasteiger partial charge < -0.3 is 14.4 Å². The highest BCUT2D eigenvalue weighted by molar-refractivity contribution is 6.33. The number of hydrogen-bond donors (Lipinski definition) is 0. The molecule has 0 saturated carbocycles. The second kappa shape index (κ2) is 8.63. The monoisotopic (exact) mass is 446 g/mol. The third-order valence-corrected chi connectivity index (χ3v) is 5.59. The van der Waals surface area contributed by atoms with E-state index < -0.39 is 0 Å². The first-order valence-corrected chi connectivity index (χ1v) is 10.1. The lowest BCUT2D eigenvalue weighted by Gasteiger charge is -2.35. The van der Waals surface area contributed by atoms with Crippen molar-refractivity contribution in [3.05, 3.63) is 68.7 Å². The van der Waals surface area contributed by atoms with Gasteiger partial charge >= 0.3 is 0 Å². The molecule has 156 valence electrons. The summed E-state index contributed by atoms with van der Waals surface area (Å²) in [5.74, 6) is 1.21. The van der Waals surface area contributed by atoms with Crippen LogP contribution in [0.2, 0.25) is 10.0 Å². The van der Waals surface area contributed by atoms with Crippen LogP contribution in [0.3, 0.4) is 0 Å². The largest absolute Gasteiger partial charge is 0.496 e. The van der Waals surface area contributed by atoms with Crippen molar-refractivity contribution in [2.75, 3.05) is 31.7 Å². The normalized spacial score (nSPS) is 16.5. The van der Waals surface area contributed by atoms with Crippen molar-refractivity contribution < 1.29 is 9.47 Å². The van der Waals surface area contributed by atoms with E-state index in [2.05, 4.69) is 4.98 Å². The smallest absolute Gasteiger partial charge is 0.255 e. The molecule has 0 spiro atoms. The topological polar surface area (TPSA) is 69.5 Å². The molecule has 0 amide bonds. The average Bonchev–Trinajstić information content (AvgIpc) is 2.76. The minimum absolute atomic E-state index is 0.171. The van der Waals surface area contributed by atoms with Crippen LogP contribution in [-0.2, 0) is 11.8 Å². The van der Waals surface area contributed by atoms with E-state index in [0.29, 0.717) is 52.7 Å². The Kier molecular flexibility index (Phi) is 5.94. The summed E-state index contributed by atoms with van der Waals surface area (Å²) in [6.45, 7) is 1.58. The number of rotatable bonds is 4. The van der Waals surface area contributed by atoms with Crippen molar-refractivity contribution in [2.24, 2.45) is 7.05 Å². The summed E-state index contributed by atoms with van der Waals surface area (Å²) >= 11 is 12.4. The van der Waals surface area contributed by atoms with Crippen LogP contribution >= 0.6 is 23.2 Å². The molecular weight excluding hydrogens is 427 g/mol. The third kappa shape index (κ3) is 4.01. The maximum Gasteiger partial charge on any atom is 0.255 e. The zero-order valence-electron chi connectivity index (χ0n) is 16.5. The van der Waals surface area contributed by atoms with E-state index in [1.807, 2.05) is 17.0 Å². The van der Waals surface area contributed by atoms with Gasteiger partial charge in [0.05, 0.1) is 31.0 Å². The second-order valence-electron chi connectivity index (χ2n) is 6.89. The van der Waals surface area contributed by atoms with Crippen LogP contribution in [0.5, 0.6) is 5.75 Å². The van der Waals surface area contributed by atoms with Gasteiger partial charge in [-0.15, -0.1) is 0 Å². The highest BCUT2D eigenvalue weighted by Crippen LogP contribution is 2.33. The Bertz CT molecular complexity index is 1140. The molecule has 7 nitrogen and oxygen atoms in total. The van der Waals surface area contributed by atoms with Crippen LogP contribution in [0.1, 0.15) is 11.7 Å². The fourth-order valence-electron chi connectivity index (χ4n) is 3.50. The predicted molar refractivity (Wildman–Crippen MR) is 117 cm³/mol. The summed E-state index contributed by atoms with van der Waals surface area (Å²) in [6.07, 6.45) is 2.90. The van der Waals surface area contributed by atoms with Crippen molar-refractivity contribution in [2.45, 2.75) is 6.10 Å². The maximum atomic E-state index is 12.6. The van der Waals surface area contributed by atoms with Crippen LogP contribution in [-0.4, -0.2) is 41.3 Å². The Morgan fingerprint density at radius 1 is 1.23 bits per heavy atom. The quantitative estimate of drug-likeness (QED) is 0.607. The molecule has 1 atom stereocenters. The van der Waals surface area contributed by atoms with Crippen molar-refractivity contribution in [3.8, 4) is 17.0 Å². The lowest BCUT2D eigenvalue weighted by Crippen LogP contribution is -2.41. The number of benzene rings is 1. The number of aromatic nitrogens is 3.